The predicted octanol–water partition coefficient (Wildman–Crippen LogP) is 2.39. The molecule has 2 aliphatic heterocycles. The highest BCUT2D eigenvalue weighted by Gasteiger charge is 2.56. The first-order valence-electron chi connectivity index (χ1n) is 8.63. The Morgan fingerprint density at radius 3 is 2.56 bits per heavy atom. The van der Waals surface area contributed by atoms with Gasteiger partial charge in [0, 0.05) is 5.56 Å². The number of carbonyl (C=O) groups excluding carboxylic acids is 2. The van der Waals surface area contributed by atoms with Crippen molar-refractivity contribution >= 4 is 23.2 Å². The number of hydrogen-bond donors (Lipinski definition) is 0. The summed E-state index contributed by atoms with van der Waals surface area (Å²) in [5.74, 6) is -0.412. The van der Waals surface area contributed by atoms with E-state index in [4.69, 9.17) is 14.3 Å². The topological polar surface area (TPSA) is 77.4 Å². The molecule has 0 saturated carbocycles. The Kier molecular flexibility index (Phi) is 4.27. The van der Waals surface area contributed by atoms with E-state index in [9.17, 15) is 9.59 Å². The van der Waals surface area contributed by atoms with Crippen LogP contribution in [-0.2, 0) is 14.4 Å². The van der Waals surface area contributed by atoms with Crippen molar-refractivity contribution in [1.29, 1.82) is 0 Å². The lowest BCUT2D eigenvalue weighted by molar-refractivity contribution is -0.126. The number of anilines is 1. The maximum atomic E-state index is 13.0. The van der Waals surface area contributed by atoms with E-state index in [2.05, 4.69) is 5.16 Å². The van der Waals surface area contributed by atoms with Crippen molar-refractivity contribution in [1.82, 2.24) is 0 Å². The summed E-state index contributed by atoms with van der Waals surface area (Å²) >= 11 is 0. The standard InChI is InChI=1S/C20H18N2O5/c1-3-26-14-10-9-12(11-15(14)25-2)17-16-18(27-21-17)20(24)22(19(16)23)13-7-5-4-6-8-13/h4-11,16,18H,3H2,1-2H3. The molecule has 2 aliphatic rings. The third-order valence-corrected chi connectivity index (χ3v) is 4.59. The lowest BCUT2D eigenvalue weighted by Gasteiger charge is -2.15. The van der Waals surface area contributed by atoms with Crippen molar-refractivity contribution in [3.05, 3.63) is 54.1 Å². The first kappa shape index (κ1) is 17.1. The molecule has 0 aromatic heterocycles. The van der Waals surface area contributed by atoms with E-state index in [-0.39, 0.29) is 5.91 Å². The number of methoxy groups -OCH3 is 1. The summed E-state index contributed by atoms with van der Waals surface area (Å²) in [5, 5.41) is 4.02. The number of benzene rings is 2. The fourth-order valence-corrected chi connectivity index (χ4v) is 3.35. The Bertz CT molecular complexity index is 925. The van der Waals surface area contributed by atoms with Crippen LogP contribution in [0.4, 0.5) is 5.69 Å². The Hall–Kier alpha value is -3.35. The fourth-order valence-electron chi connectivity index (χ4n) is 3.35. The lowest BCUT2D eigenvalue weighted by Crippen LogP contribution is -2.33. The largest absolute Gasteiger partial charge is 0.493 e. The van der Waals surface area contributed by atoms with Crippen LogP contribution in [0, 0.1) is 5.92 Å². The minimum atomic E-state index is -0.940. The van der Waals surface area contributed by atoms with Gasteiger partial charge in [-0.25, -0.2) is 4.90 Å². The predicted molar refractivity (Wildman–Crippen MR) is 98.0 cm³/mol. The summed E-state index contributed by atoms with van der Waals surface area (Å²) < 4.78 is 10.9. The van der Waals surface area contributed by atoms with Crippen LogP contribution >= 0.6 is 0 Å². The van der Waals surface area contributed by atoms with Crippen molar-refractivity contribution in [2.45, 2.75) is 13.0 Å². The van der Waals surface area contributed by atoms with E-state index in [0.717, 1.165) is 4.90 Å². The van der Waals surface area contributed by atoms with Gasteiger partial charge in [-0.2, -0.15) is 0 Å². The van der Waals surface area contributed by atoms with Gasteiger partial charge in [0.05, 0.1) is 19.4 Å². The van der Waals surface area contributed by atoms with Crippen LogP contribution in [0.1, 0.15) is 12.5 Å². The zero-order valence-electron chi connectivity index (χ0n) is 14.9. The van der Waals surface area contributed by atoms with Crippen LogP contribution in [0.3, 0.4) is 0 Å². The smallest absolute Gasteiger partial charge is 0.278 e. The third kappa shape index (κ3) is 2.71. The van der Waals surface area contributed by atoms with Crippen LogP contribution in [0.2, 0.25) is 0 Å². The van der Waals surface area contributed by atoms with Crippen molar-refractivity contribution < 1.29 is 23.9 Å². The number of nitrogens with zero attached hydrogens (tertiary/aromatic N) is 2. The van der Waals surface area contributed by atoms with Gasteiger partial charge in [0.25, 0.3) is 5.91 Å². The maximum absolute atomic E-state index is 13.0. The molecule has 1 saturated heterocycles. The fraction of sp³-hybridized carbons (Fsp3) is 0.250. The molecule has 7 heteroatoms. The molecule has 4 rings (SSSR count). The SMILES string of the molecule is CCOc1ccc(C2=NOC3C(=O)N(c4ccccc4)C(=O)C23)cc1OC. The molecular formula is C20H18N2O5. The Balaban J connectivity index is 1.67. The molecule has 7 nitrogen and oxygen atoms in total. The number of fused-ring (bicyclic) bond motifs is 1. The molecule has 2 heterocycles. The molecule has 2 amide bonds. The third-order valence-electron chi connectivity index (χ3n) is 4.59. The van der Waals surface area contributed by atoms with Crippen molar-refractivity contribution in [2.75, 3.05) is 18.6 Å². The van der Waals surface area contributed by atoms with Gasteiger partial charge in [-0.15, -0.1) is 0 Å². The van der Waals surface area contributed by atoms with Crippen LogP contribution in [0.25, 0.3) is 0 Å². The first-order chi connectivity index (χ1) is 13.2. The molecule has 2 aromatic carbocycles. The van der Waals surface area contributed by atoms with Gasteiger partial charge >= 0.3 is 0 Å². The van der Waals surface area contributed by atoms with E-state index in [1.165, 1.54) is 0 Å². The van der Waals surface area contributed by atoms with Gasteiger partial charge in [-0.1, -0.05) is 23.4 Å². The van der Waals surface area contributed by atoms with E-state index in [1.54, 1.807) is 49.6 Å². The second-order valence-corrected chi connectivity index (χ2v) is 6.13. The second-order valence-electron chi connectivity index (χ2n) is 6.13. The average Bonchev–Trinajstić information content (AvgIpc) is 3.23. The molecule has 0 N–H and O–H groups in total. The molecular weight excluding hydrogens is 348 g/mol. The summed E-state index contributed by atoms with van der Waals surface area (Å²) in [5.41, 5.74) is 1.59. The number of oxime groups is 1. The summed E-state index contributed by atoms with van der Waals surface area (Å²) in [7, 11) is 1.54. The monoisotopic (exact) mass is 366 g/mol. The normalized spacial score (nSPS) is 21.0. The van der Waals surface area contributed by atoms with Gasteiger partial charge in [0.15, 0.2) is 11.5 Å². The van der Waals surface area contributed by atoms with Gasteiger partial charge in [0.1, 0.15) is 11.6 Å². The van der Waals surface area contributed by atoms with Crippen molar-refractivity contribution in [2.24, 2.45) is 11.1 Å². The number of amides is 2. The first-order valence-corrected chi connectivity index (χ1v) is 8.63. The summed E-state index contributed by atoms with van der Waals surface area (Å²) in [4.78, 5) is 32.2. The zero-order chi connectivity index (χ0) is 19.0. The van der Waals surface area contributed by atoms with Crippen LogP contribution in [0.15, 0.2) is 53.7 Å². The van der Waals surface area contributed by atoms with Crippen LogP contribution in [-0.4, -0.2) is 37.3 Å². The van der Waals surface area contributed by atoms with Crippen LogP contribution in [0.5, 0.6) is 11.5 Å². The number of hydrogen-bond acceptors (Lipinski definition) is 6. The molecule has 0 radical (unpaired) electrons. The van der Waals surface area contributed by atoms with Gasteiger partial charge < -0.3 is 14.3 Å². The summed E-state index contributed by atoms with van der Waals surface area (Å²) in [6.07, 6.45) is -0.940. The second kappa shape index (κ2) is 6.75. The minimum Gasteiger partial charge on any atom is -0.493 e. The quantitative estimate of drug-likeness (QED) is 0.760. The van der Waals surface area contributed by atoms with E-state index in [1.807, 2.05) is 13.0 Å². The summed E-state index contributed by atoms with van der Waals surface area (Å²) in [6.45, 7) is 2.39. The molecule has 27 heavy (non-hydrogen) atoms. The molecule has 138 valence electrons. The van der Waals surface area contributed by atoms with Gasteiger partial charge in [-0.05, 0) is 37.3 Å². The highest BCUT2D eigenvalue weighted by atomic mass is 16.7. The number of rotatable bonds is 5. The zero-order valence-corrected chi connectivity index (χ0v) is 14.9. The van der Waals surface area contributed by atoms with Crippen LogP contribution < -0.4 is 14.4 Å². The number of imide groups is 1. The number of ether oxygens (including phenoxy) is 2. The molecule has 0 bridgehead atoms. The molecule has 0 aliphatic carbocycles. The maximum Gasteiger partial charge on any atom is 0.278 e. The van der Waals surface area contributed by atoms with E-state index < -0.39 is 17.9 Å². The Morgan fingerprint density at radius 2 is 1.85 bits per heavy atom. The Morgan fingerprint density at radius 1 is 1.07 bits per heavy atom. The van der Waals surface area contributed by atoms with Crippen molar-refractivity contribution in [3.8, 4) is 11.5 Å². The average molecular weight is 366 g/mol. The molecule has 0 spiro atoms. The van der Waals surface area contributed by atoms with Gasteiger partial charge in [0.2, 0.25) is 12.0 Å². The number of carbonyl (C=O) groups is 2. The Labute approximate surface area is 156 Å². The molecule has 2 unspecified atom stereocenters. The molecule has 1 fully saturated rings. The highest BCUT2D eigenvalue weighted by molar-refractivity contribution is 6.32. The number of para-hydroxylation sites is 1. The molecule has 2 aromatic rings. The van der Waals surface area contributed by atoms with Gasteiger partial charge in [-0.3, -0.25) is 9.59 Å². The van der Waals surface area contributed by atoms with Crippen molar-refractivity contribution in [3.63, 3.8) is 0 Å². The minimum absolute atomic E-state index is 0.347. The summed E-state index contributed by atoms with van der Waals surface area (Å²) in [6, 6.07) is 14.1. The molecule has 2 atom stereocenters. The highest BCUT2D eigenvalue weighted by Crippen LogP contribution is 2.37. The van der Waals surface area contributed by atoms with E-state index in [0.29, 0.717) is 35.1 Å². The lowest BCUT2D eigenvalue weighted by atomic mass is 9.94. The van der Waals surface area contributed by atoms with E-state index >= 15 is 0 Å².